The summed E-state index contributed by atoms with van der Waals surface area (Å²) in [6.07, 6.45) is 1.53. The van der Waals surface area contributed by atoms with Crippen molar-refractivity contribution in [2.24, 2.45) is 5.92 Å². The molecule has 3 heterocycles. The highest BCUT2D eigenvalue weighted by Gasteiger charge is 2.41. The maximum Gasteiger partial charge on any atom is 0.232 e. The predicted molar refractivity (Wildman–Crippen MR) is 104 cm³/mol. The zero-order valence-corrected chi connectivity index (χ0v) is 15.7. The third-order valence-electron chi connectivity index (χ3n) is 4.85. The van der Waals surface area contributed by atoms with Crippen LogP contribution in [0.5, 0.6) is 0 Å². The third-order valence-corrected chi connectivity index (χ3v) is 5.79. The number of rotatable bonds is 3. The van der Waals surface area contributed by atoms with E-state index in [-0.39, 0.29) is 23.9 Å². The maximum absolute atomic E-state index is 13.2. The van der Waals surface area contributed by atoms with Gasteiger partial charge in [0.2, 0.25) is 11.9 Å². The number of nitrogens with zero attached hydrogens (tertiary/aromatic N) is 3. The molecule has 26 heavy (non-hydrogen) atoms. The Morgan fingerprint density at radius 2 is 2.15 bits per heavy atom. The molecule has 0 bridgehead atoms. The molecular weight excluding hydrogens is 346 g/mol. The van der Waals surface area contributed by atoms with Gasteiger partial charge in [-0.3, -0.25) is 4.79 Å². The van der Waals surface area contributed by atoms with Crippen LogP contribution in [0.15, 0.2) is 42.0 Å². The molecule has 4 rings (SSSR count). The van der Waals surface area contributed by atoms with Gasteiger partial charge in [0.05, 0.1) is 5.92 Å². The first kappa shape index (κ1) is 16.8. The third kappa shape index (κ3) is 2.88. The fourth-order valence-electron chi connectivity index (χ4n) is 3.57. The number of aromatic nitrogens is 3. The Bertz CT molecular complexity index is 933. The second-order valence-electron chi connectivity index (χ2n) is 6.75. The van der Waals surface area contributed by atoms with Gasteiger partial charge in [0.1, 0.15) is 12.4 Å². The lowest BCUT2D eigenvalue weighted by Gasteiger charge is -2.36. The Morgan fingerprint density at radius 3 is 2.88 bits per heavy atom. The van der Waals surface area contributed by atoms with Crippen LogP contribution in [-0.4, -0.2) is 26.7 Å². The number of amides is 1. The second kappa shape index (κ2) is 6.57. The molecule has 0 saturated carbocycles. The minimum atomic E-state index is -0.302. The minimum Gasteiger partial charge on any atom is -0.351 e. The maximum atomic E-state index is 13.2. The van der Waals surface area contributed by atoms with E-state index in [9.17, 15) is 4.79 Å². The number of fused-ring (bicyclic) bond motifs is 1. The number of hydrogen-bond acceptors (Lipinski definition) is 5. The molecule has 0 radical (unpaired) electrons. The van der Waals surface area contributed by atoms with Crippen molar-refractivity contribution in [3.8, 4) is 0 Å². The Labute approximate surface area is 156 Å². The summed E-state index contributed by atoms with van der Waals surface area (Å²) in [7, 11) is 0. The average molecular weight is 367 g/mol. The first-order valence-corrected chi connectivity index (χ1v) is 9.50. The van der Waals surface area contributed by atoms with E-state index >= 15 is 0 Å². The zero-order chi connectivity index (χ0) is 18.3. The molecule has 0 fully saturated rings. The molecule has 2 aromatic heterocycles. The van der Waals surface area contributed by atoms with Gasteiger partial charge in [-0.15, -0.1) is 11.3 Å². The molecule has 0 saturated heterocycles. The van der Waals surface area contributed by atoms with Crippen molar-refractivity contribution in [1.29, 1.82) is 0 Å². The first-order chi connectivity index (χ1) is 12.5. The number of anilines is 2. The summed E-state index contributed by atoms with van der Waals surface area (Å²) in [5.41, 5.74) is 3.09. The van der Waals surface area contributed by atoms with Crippen molar-refractivity contribution < 1.29 is 4.79 Å². The molecule has 1 amide bonds. The monoisotopic (exact) mass is 367 g/mol. The average Bonchev–Trinajstić information content (AvgIpc) is 3.27. The summed E-state index contributed by atoms with van der Waals surface area (Å²) < 4.78 is 1.82. The molecular formula is C19H21N5OS. The van der Waals surface area contributed by atoms with Crippen LogP contribution in [-0.2, 0) is 4.79 Å². The van der Waals surface area contributed by atoms with Crippen LogP contribution in [0.1, 0.15) is 29.0 Å². The van der Waals surface area contributed by atoms with Crippen LogP contribution >= 0.6 is 11.3 Å². The van der Waals surface area contributed by atoms with Gasteiger partial charge in [0.15, 0.2) is 0 Å². The molecule has 0 aliphatic carbocycles. The topological polar surface area (TPSA) is 71.8 Å². The summed E-state index contributed by atoms with van der Waals surface area (Å²) in [5, 5.41) is 12.8. The van der Waals surface area contributed by atoms with Gasteiger partial charge in [-0.2, -0.15) is 10.1 Å². The Morgan fingerprint density at radius 1 is 1.31 bits per heavy atom. The van der Waals surface area contributed by atoms with Gasteiger partial charge in [-0.25, -0.2) is 4.68 Å². The van der Waals surface area contributed by atoms with Crippen molar-refractivity contribution in [3.63, 3.8) is 0 Å². The van der Waals surface area contributed by atoms with Crippen molar-refractivity contribution in [2.45, 2.75) is 32.9 Å². The van der Waals surface area contributed by atoms with E-state index in [1.165, 1.54) is 11.9 Å². The highest BCUT2D eigenvalue weighted by molar-refractivity contribution is 7.10. The number of thiophene rings is 1. The van der Waals surface area contributed by atoms with Gasteiger partial charge in [0, 0.05) is 16.6 Å². The van der Waals surface area contributed by atoms with E-state index in [1.807, 2.05) is 49.0 Å². The Kier molecular flexibility index (Phi) is 4.24. The lowest BCUT2D eigenvalue weighted by atomic mass is 9.88. The van der Waals surface area contributed by atoms with Gasteiger partial charge >= 0.3 is 0 Å². The van der Waals surface area contributed by atoms with Crippen molar-refractivity contribution in [1.82, 2.24) is 14.8 Å². The minimum absolute atomic E-state index is 0.0171. The number of aryl methyl sites for hydroxylation is 2. The lowest BCUT2D eigenvalue weighted by Crippen LogP contribution is -2.46. The Hall–Kier alpha value is -2.67. The van der Waals surface area contributed by atoms with Crippen LogP contribution in [0.2, 0.25) is 0 Å². The summed E-state index contributed by atoms with van der Waals surface area (Å²) >= 11 is 1.63. The molecule has 134 valence electrons. The van der Waals surface area contributed by atoms with Crippen molar-refractivity contribution in [3.05, 3.63) is 58.0 Å². The molecule has 1 aromatic carbocycles. The number of carbonyl (C=O) groups is 1. The highest BCUT2D eigenvalue weighted by Crippen LogP contribution is 2.38. The second-order valence-corrected chi connectivity index (χ2v) is 7.73. The molecule has 6 nitrogen and oxygen atoms in total. The summed E-state index contributed by atoms with van der Waals surface area (Å²) in [4.78, 5) is 18.6. The number of hydrogen-bond donors (Lipinski definition) is 2. The quantitative estimate of drug-likeness (QED) is 0.742. The molecule has 0 spiro atoms. The van der Waals surface area contributed by atoms with Crippen molar-refractivity contribution >= 4 is 28.9 Å². The summed E-state index contributed by atoms with van der Waals surface area (Å²) in [6, 6.07) is 9.87. The van der Waals surface area contributed by atoms with E-state index in [0.717, 1.165) is 16.1 Å². The first-order valence-electron chi connectivity index (χ1n) is 8.62. The van der Waals surface area contributed by atoms with Gasteiger partial charge in [0.25, 0.3) is 0 Å². The predicted octanol–water partition coefficient (Wildman–Crippen LogP) is 3.61. The molecule has 1 aliphatic rings. The van der Waals surface area contributed by atoms with Crippen LogP contribution in [0.4, 0.5) is 11.6 Å². The van der Waals surface area contributed by atoms with E-state index in [4.69, 9.17) is 0 Å². The number of benzene rings is 1. The van der Waals surface area contributed by atoms with Crippen molar-refractivity contribution in [2.75, 3.05) is 10.6 Å². The number of carbonyl (C=O) groups excluding carboxylic acids is 1. The lowest BCUT2D eigenvalue weighted by molar-refractivity contribution is -0.121. The Balaban J connectivity index is 1.70. The standard InChI is InChI=1S/C19H21N5OS/c1-11-6-7-14(12(2)9-11)23-18(25)16-13(3)22-19-20-10-21-24(19)17(16)15-5-4-8-26-15/h4-10,13,16-17H,1-3H3,(H,23,25)(H,20,21,22)/t13-,16+,17+/m0/s1. The largest absolute Gasteiger partial charge is 0.351 e. The van der Waals surface area contributed by atoms with Crippen LogP contribution in [0.3, 0.4) is 0 Å². The van der Waals surface area contributed by atoms with Crippen LogP contribution in [0.25, 0.3) is 0 Å². The normalized spacial score (nSPS) is 21.7. The number of nitrogens with one attached hydrogen (secondary N) is 2. The smallest absolute Gasteiger partial charge is 0.232 e. The molecule has 3 atom stereocenters. The summed E-state index contributed by atoms with van der Waals surface area (Å²) in [6.45, 7) is 6.08. The van der Waals surface area contributed by atoms with Crippen LogP contribution in [0, 0.1) is 19.8 Å². The zero-order valence-electron chi connectivity index (χ0n) is 14.9. The highest BCUT2D eigenvalue weighted by atomic mass is 32.1. The SMILES string of the molecule is Cc1ccc(NC(=O)[C@@H]2[C@H](C)Nc3ncnn3[C@@H]2c2cccs2)c(C)c1. The van der Waals surface area contributed by atoms with Crippen LogP contribution < -0.4 is 10.6 Å². The fraction of sp³-hybridized carbons (Fsp3) is 0.316. The molecule has 2 N–H and O–H groups in total. The van der Waals surface area contributed by atoms with E-state index < -0.39 is 0 Å². The molecule has 7 heteroatoms. The van der Waals surface area contributed by atoms with Gasteiger partial charge in [-0.05, 0) is 43.8 Å². The molecule has 0 unspecified atom stereocenters. The van der Waals surface area contributed by atoms with Gasteiger partial charge < -0.3 is 10.6 Å². The van der Waals surface area contributed by atoms with E-state index in [2.05, 4.69) is 32.8 Å². The molecule has 3 aromatic rings. The summed E-state index contributed by atoms with van der Waals surface area (Å²) in [5.74, 6) is 0.381. The van der Waals surface area contributed by atoms with E-state index in [0.29, 0.717) is 5.95 Å². The fourth-order valence-corrected chi connectivity index (χ4v) is 4.43. The molecule has 1 aliphatic heterocycles. The van der Waals surface area contributed by atoms with Gasteiger partial charge in [-0.1, -0.05) is 23.8 Å². The van der Waals surface area contributed by atoms with E-state index in [1.54, 1.807) is 11.3 Å².